The van der Waals surface area contributed by atoms with Crippen LogP contribution in [0.15, 0.2) is 18.2 Å². The Hall–Kier alpha value is -1.84. The molecule has 0 unspecified atom stereocenters. The lowest BCUT2D eigenvalue weighted by Gasteiger charge is -2.37. The molecule has 2 fully saturated rings. The molecule has 0 aliphatic carbocycles. The average Bonchev–Trinajstić information content (AvgIpc) is 2.75. The molecule has 0 N–H and O–H groups in total. The number of carbonyl (C=O) groups excluding carboxylic acids is 2. The zero-order chi connectivity index (χ0) is 20.8. The average molecular weight is 426 g/mol. The van der Waals surface area contributed by atoms with E-state index in [1.165, 1.54) is 19.2 Å². The van der Waals surface area contributed by atoms with Crippen LogP contribution in [0.1, 0.15) is 5.56 Å². The second-order valence-electron chi connectivity index (χ2n) is 7.23. The van der Waals surface area contributed by atoms with Gasteiger partial charge in [0.05, 0.1) is 20.8 Å². The third-order valence-electron chi connectivity index (χ3n) is 5.34. The first-order valence-electron chi connectivity index (χ1n) is 9.74. The summed E-state index contributed by atoms with van der Waals surface area (Å²) in [6.07, 6.45) is 0. The standard InChI is InChI=1S/C20H28FN3O4S/c1-27-17-4-3-16(21)11-15(17)12-22-5-7-23(8-6-22)14-19(25)24-9-10-29-18(13-24)20(26)28-2/h3-4,11,18H,5-10,12-14H2,1-2H3/t18-/m1/s1. The Balaban J connectivity index is 1.47. The maximum atomic E-state index is 13.6. The summed E-state index contributed by atoms with van der Waals surface area (Å²) in [5.74, 6) is 0.949. The maximum absolute atomic E-state index is 13.6. The molecule has 2 heterocycles. The van der Waals surface area contributed by atoms with Crippen molar-refractivity contribution in [2.24, 2.45) is 0 Å². The first-order valence-corrected chi connectivity index (χ1v) is 10.8. The Morgan fingerprint density at radius 2 is 1.86 bits per heavy atom. The van der Waals surface area contributed by atoms with Crippen molar-refractivity contribution in [1.82, 2.24) is 14.7 Å². The number of thioether (sulfide) groups is 1. The molecular formula is C20H28FN3O4S. The number of hydrogen-bond acceptors (Lipinski definition) is 7. The summed E-state index contributed by atoms with van der Waals surface area (Å²) < 4.78 is 23.7. The molecule has 2 aliphatic heterocycles. The fourth-order valence-electron chi connectivity index (χ4n) is 3.66. The van der Waals surface area contributed by atoms with Gasteiger partial charge in [0.2, 0.25) is 5.91 Å². The van der Waals surface area contributed by atoms with E-state index in [0.717, 1.165) is 37.5 Å². The number of piperazine rings is 1. The summed E-state index contributed by atoms with van der Waals surface area (Å²) >= 11 is 1.54. The monoisotopic (exact) mass is 425 g/mol. The van der Waals surface area contributed by atoms with Crippen LogP contribution in [0.2, 0.25) is 0 Å². The van der Waals surface area contributed by atoms with Gasteiger partial charge in [-0.15, -0.1) is 11.8 Å². The Kier molecular flexibility index (Phi) is 7.74. The van der Waals surface area contributed by atoms with Gasteiger partial charge in [-0.1, -0.05) is 0 Å². The smallest absolute Gasteiger partial charge is 0.320 e. The predicted octanol–water partition coefficient (Wildman–Crippen LogP) is 1.07. The third-order valence-corrected chi connectivity index (χ3v) is 6.51. The van der Waals surface area contributed by atoms with Gasteiger partial charge in [0.15, 0.2) is 0 Å². The summed E-state index contributed by atoms with van der Waals surface area (Å²) in [6.45, 7) is 5.19. The van der Waals surface area contributed by atoms with Crippen LogP contribution in [0.5, 0.6) is 5.75 Å². The van der Waals surface area contributed by atoms with Crippen LogP contribution in [0.4, 0.5) is 4.39 Å². The number of rotatable bonds is 6. The van der Waals surface area contributed by atoms with Crippen molar-refractivity contribution < 1.29 is 23.5 Å². The largest absolute Gasteiger partial charge is 0.496 e. The van der Waals surface area contributed by atoms with Crippen LogP contribution in [0, 0.1) is 5.82 Å². The molecule has 2 aliphatic rings. The van der Waals surface area contributed by atoms with Gasteiger partial charge < -0.3 is 14.4 Å². The number of ether oxygens (including phenoxy) is 2. The molecule has 1 amide bonds. The van der Waals surface area contributed by atoms with Crippen molar-refractivity contribution in [3.8, 4) is 5.75 Å². The molecule has 9 heteroatoms. The SMILES string of the molecule is COC(=O)[C@H]1CN(C(=O)CN2CCN(Cc3cc(F)ccc3OC)CC2)CCS1. The number of methoxy groups -OCH3 is 2. The van der Waals surface area contributed by atoms with Crippen molar-refractivity contribution in [3.63, 3.8) is 0 Å². The molecular weight excluding hydrogens is 397 g/mol. The van der Waals surface area contributed by atoms with Crippen LogP contribution in [0.25, 0.3) is 0 Å². The molecule has 1 atom stereocenters. The van der Waals surface area contributed by atoms with Crippen molar-refractivity contribution in [2.45, 2.75) is 11.8 Å². The van der Waals surface area contributed by atoms with E-state index < -0.39 is 0 Å². The van der Waals surface area contributed by atoms with Crippen LogP contribution < -0.4 is 4.74 Å². The highest BCUT2D eigenvalue weighted by Gasteiger charge is 2.30. The fourth-order valence-corrected chi connectivity index (χ4v) is 4.79. The minimum absolute atomic E-state index is 0.0550. The first-order chi connectivity index (χ1) is 14.0. The van der Waals surface area contributed by atoms with Gasteiger partial charge in [-0.25, -0.2) is 4.39 Å². The van der Waals surface area contributed by atoms with Gasteiger partial charge >= 0.3 is 5.97 Å². The van der Waals surface area contributed by atoms with Crippen LogP contribution >= 0.6 is 11.8 Å². The zero-order valence-corrected chi connectivity index (χ0v) is 17.8. The highest BCUT2D eigenvalue weighted by atomic mass is 32.2. The van der Waals surface area contributed by atoms with Gasteiger partial charge in [-0.3, -0.25) is 19.4 Å². The molecule has 160 valence electrons. The summed E-state index contributed by atoms with van der Waals surface area (Å²) in [5, 5.41) is -0.296. The fraction of sp³-hybridized carbons (Fsp3) is 0.600. The molecule has 0 bridgehead atoms. The summed E-state index contributed by atoms with van der Waals surface area (Å²) in [5.41, 5.74) is 0.830. The Bertz CT molecular complexity index is 728. The number of benzene rings is 1. The molecule has 1 aromatic carbocycles. The van der Waals surface area contributed by atoms with E-state index in [0.29, 0.717) is 31.9 Å². The van der Waals surface area contributed by atoms with Crippen molar-refractivity contribution in [2.75, 3.05) is 65.8 Å². The van der Waals surface area contributed by atoms with E-state index in [9.17, 15) is 14.0 Å². The van der Waals surface area contributed by atoms with E-state index in [1.54, 1.807) is 29.8 Å². The zero-order valence-electron chi connectivity index (χ0n) is 16.9. The van der Waals surface area contributed by atoms with Crippen molar-refractivity contribution in [1.29, 1.82) is 0 Å². The molecule has 0 spiro atoms. The first kappa shape index (κ1) is 21.9. The quantitative estimate of drug-likeness (QED) is 0.632. The van der Waals surface area contributed by atoms with Crippen LogP contribution in [-0.4, -0.2) is 97.6 Å². The van der Waals surface area contributed by atoms with Gasteiger partial charge in [0.1, 0.15) is 16.8 Å². The Morgan fingerprint density at radius 3 is 2.55 bits per heavy atom. The van der Waals surface area contributed by atoms with E-state index >= 15 is 0 Å². The topological polar surface area (TPSA) is 62.3 Å². The van der Waals surface area contributed by atoms with E-state index in [1.807, 2.05) is 0 Å². The summed E-state index contributed by atoms with van der Waals surface area (Å²) in [6, 6.07) is 4.56. The number of esters is 1. The van der Waals surface area contributed by atoms with Crippen LogP contribution in [0.3, 0.4) is 0 Å². The number of amides is 1. The van der Waals surface area contributed by atoms with Crippen molar-refractivity contribution >= 4 is 23.6 Å². The highest BCUT2D eigenvalue weighted by molar-refractivity contribution is 8.00. The summed E-state index contributed by atoms with van der Waals surface area (Å²) in [7, 11) is 2.96. The Labute approximate surface area is 175 Å². The Morgan fingerprint density at radius 1 is 1.14 bits per heavy atom. The lowest BCUT2D eigenvalue weighted by atomic mass is 10.1. The van der Waals surface area contributed by atoms with Gasteiger partial charge in [0, 0.05) is 57.1 Å². The normalized spacial score (nSPS) is 21.1. The summed E-state index contributed by atoms with van der Waals surface area (Å²) in [4.78, 5) is 30.6. The second kappa shape index (κ2) is 10.3. The third kappa shape index (κ3) is 5.83. The number of nitrogens with zero attached hydrogens (tertiary/aromatic N) is 3. The van der Waals surface area contributed by atoms with E-state index in [2.05, 4.69) is 9.80 Å². The molecule has 0 radical (unpaired) electrons. The minimum atomic E-state index is -0.296. The van der Waals surface area contributed by atoms with E-state index in [-0.39, 0.29) is 22.9 Å². The van der Waals surface area contributed by atoms with E-state index in [4.69, 9.17) is 9.47 Å². The molecule has 0 aromatic heterocycles. The van der Waals surface area contributed by atoms with Gasteiger partial charge in [-0.2, -0.15) is 0 Å². The molecule has 1 aromatic rings. The van der Waals surface area contributed by atoms with Crippen molar-refractivity contribution in [3.05, 3.63) is 29.6 Å². The maximum Gasteiger partial charge on any atom is 0.320 e. The molecule has 2 saturated heterocycles. The molecule has 7 nitrogen and oxygen atoms in total. The van der Waals surface area contributed by atoms with Gasteiger partial charge in [0.25, 0.3) is 0 Å². The second-order valence-corrected chi connectivity index (χ2v) is 8.54. The predicted molar refractivity (Wildman–Crippen MR) is 110 cm³/mol. The molecule has 3 rings (SSSR count). The van der Waals surface area contributed by atoms with Gasteiger partial charge in [-0.05, 0) is 18.2 Å². The minimum Gasteiger partial charge on any atom is -0.496 e. The number of hydrogen-bond donors (Lipinski definition) is 0. The lowest BCUT2D eigenvalue weighted by Crippen LogP contribution is -2.52. The molecule has 29 heavy (non-hydrogen) atoms. The highest BCUT2D eigenvalue weighted by Crippen LogP contribution is 2.22. The van der Waals surface area contributed by atoms with Crippen LogP contribution in [-0.2, 0) is 20.9 Å². The number of halogens is 1. The molecule has 0 saturated carbocycles. The number of carbonyl (C=O) groups is 2. The lowest BCUT2D eigenvalue weighted by molar-refractivity contribution is -0.141.